The number of hydrogen-bond donors (Lipinski definition) is 1. The molecule has 1 N–H and O–H groups in total. The van der Waals surface area contributed by atoms with Crippen LogP contribution in [-0.2, 0) is 4.74 Å². The van der Waals surface area contributed by atoms with Crippen LogP contribution in [0.4, 0.5) is 10.6 Å². The van der Waals surface area contributed by atoms with Crippen molar-refractivity contribution in [2.24, 2.45) is 0 Å². The molecule has 1 amide bonds. The van der Waals surface area contributed by atoms with E-state index in [0.717, 1.165) is 10.0 Å². The Morgan fingerprint density at radius 3 is 2.80 bits per heavy atom. The maximum Gasteiger partial charge on any atom is 0.413 e. The molecule has 0 saturated heterocycles. The van der Waals surface area contributed by atoms with Gasteiger partial charge in [-0.25, -0.2) is 9.78 Å². The summed E-state index contributed by atoms with van der Waals surface area (Å²) >= 11 is 3.30. The Morgan fingerprint density at radius 2 is 2.27 bits per heavy atom. The van der Waals surface area contributed by atoms with Crippen molar-refractivity contribution in [1.29, 1.82) is 0 Å². The first kappa shape index (κ1) is 12.0. The second-order valence-electron chi connectivity index (χ2n) is 3.40. The summed E-state index contributed by atoms with van der Waals surface area (Å²) in [5, 5.41) is 2.58. The molecule has 5 heteroatoms. The normalized spacial score (nSPS) is 10.2. The standard InChI is InChI=1S/C10H13BrN2O2/c1-6(2)15-10(14)13-9-7(3)4-8(11)5-12-9/h4-6H,1-3H3,(H,12,13,14). The van der Waals surface area contributed by atoms with Gasteiger partial charge < -0.3 is 4.74 Å². The van der Waals surface area contributed by atoms with Crippen molar-refractivity contribution in [2.75, 3.05) is 5.32 Å². The van der Waals surface area contributed by atoms with Gasteiger partial charge in [0.05, 0.1) is 6.10 Å². The van der Waals surface area contributed by atoms with E-state index in [4.69, 9.17) is 4.74 Å². The molecular formula is C10H13BrN2O2. The number of rotatable bonds is 2. The highest BCUT2D eigenvalue weighted by molar-refractivity contribution is 9.10. The lowest BCUT2D eigenvalue weighted by atomic mass is 10.3. The van der Waals surface area contributed by atoms with Crippen LogP contribution in [0, 0.1) is 6.92 Å². The number of aromatic nitrogens is 1. The van der Waals surface area contributed by atoms with E-state index in [0.29, 0.717) is 5.82 Å². The minimum absolute atomic E-state index is 0.138. The lowest BCUT2D eigenvalue weighted by molar-refractivity contribution is 0.130. The Kier molecular flexibility index (Phi) is 4.08. The van der Waals surface area contributed by atoms with E-state index in [1.807, 2.05) is 13.0 Å². The van der Waals surface area contributed by atoms with Crippen molar-refractivity contribution in [3.8, 4) is 0 Å². The molecule has 1 heterocycles. The number of nitrogens with one attached hydrogen (secondary N) is 1. The Balaban J connectivity index is 2.68. The monoisotopic (exact) mass is 272 g/mol. The number of hydrogen-bond acceptors (Lipinski definition) is 3. The minimum Gasteiger partial charge on any atom is -0.447 e. The summed E-state index contributed by atoms with van der Waals surface area (Å²) in [5.41, 5.74) is 0.880. The number of halogens is 1. The Labute approximate surface area is 97.2 Å². The molecule has 1 aromatic heterocycles. The fraction of sp³-hybridized carbons (Fsp3) is 0.400. The first-order valence-electron chi connectivity index (χ1n) is 4.59. The van der Waals surface area contributed by atoms with Gasteiger partial charge in [-0.05, 0) is 48.3 Å². The van der Waals surface area contributed by atoms with Crippen molar-refractivity contribution in [1.82, 2.24) is 4.98 Å². The molecule has 0 bridgehead atoms. The Hall–Kier alpha value is -1.10. The summed E-state index contributed by atoms with van der Waals surface area (Å²) in [6, 6.07) is 1.87. The molecule has 0 aliphatic heterocycles. The van der Waals surface area contributed by atoms with Crippen LogP contribution >= 0.6 is 15.9 Å². The summed E-state index contributed by atoms with van der Waals surface area (Å²) in [4.78, 5) is 15.3. The first-order chi connectivity index (χ1) is 6.99. The largest absolute Gasteiger partial charge is 0.447 e. The maximum atomic E-state index is 11.3. The summed E-state index contributed by atoms with van der Waals surface area (Å²) in [7, 11) is 0. The van der Waals surface area contributed by atoms with Gasteiger partial charge in [0.2, 0.25) is 0 Å². The van der Waals surface area contributed by atoms with Gasteiger partial charge in [-0.15, -0.1) is 0 Å². The van der Waals surface area contributed by atoms with E-state index < -0.39 is 6.09 Å². The minimum atomic E-state index is -0.483. The zero-order chi connectivity index (χ0) is 11.4. The lowest BCUT2D eigenvalue weighted by Crippen LogP contribution is -2.19. The van der Waals surface area contributed by atoms with Crippen LogP contribution in [0.15, 0.2) is 16.7 Å². The summed E-state index contributed by atoms with van der Waals surface area (Å²) in [6.07, 6.45) is 1.00. The number of nitrogens with zero attached hydrogens (tertiary/aromatic N) is 1. The van der Waals surface area contributed by atoms with Crippen LogP contribution < -0.4 is 5.32 Å². The van der Waals surface area contributed by atoms with Gasteiger partial charge in [0.25, 0.3) is 0 Å². The van der Waals surface area contributed by atoms with Crippen molar-refractivity contribution in [3.05, 3.63) is 22.3 Å². The number of carbonyl (C=O) groups excluding carboxylic acids is 1. The fourth-order valence-corrected chi connectivity index (χ4v) is 1.46. The molecular weight excluding hydrogens is 260 g/mol. The van der Waals surface area contributed by atoms with E-state index in [1.54, 1.807) is 20.0 Å². The van der Waals surface area contributed by atoms with E-state index in [-0.39, 0.29) is 6.10 Å². The van der Waals surface area contributed by atoms with E-state index in [9.17, 15) is 4.79 Å². The van der Waals surface area contributed by atoms with E-state index in [1.165, 1.54) is 0 Å². The van der Waals surface area contributed by atoms with Gasteiger partial charge in [-0.1, -0.05) is 0 Å². The highest BCUT2D eigenvalue weighted by atomic mass is 79.9. The van der Waals surface area contributed by atoms with Crippen LogP contribution in [0.2, 0.25) is 0 Å². The number of ether oxygens (including phenoxy) is 1. The number of aryl methyl sites for hydroxylation is 1. The van der Waals surface area contributed by atoms with Crippen molar-refractivity contribution >= 4 is 27.8 Å². The topological polar surface area (TPSA) is 51.2 Å². The molecule has 1 rings (SSSR count). The smallest absolute Gasteiger partial charge is 0.413 e. The average Bonchev–Trinajstić information content (AvgIpc) is 2.08. The van der Waals surface area contributed by atoms with E-state index >= 15 is 0 Å². The zero-order valence-corrected chi connectivity index (χ0v) is 10.5. The summed E-state index contributed by atoms with van der Waals surface area (Å²) < 4.78 is 5.82. The van der Waals surface area contributed by atoms with Crippen LogP contribution in [0.25, 0.3) is 0 Å². The molecule has 0 aliphatic carbocycles. The molecule has 0 aromatic carbocycles. The molecule has 4 nitrogen and oxygen atoms in total. The lowest BCUT2D eigenvalue weighted by Gasteiger charge is -2.10. The number of pyridine rings is 1. The highest BCUT2D eigenvalue weighted by Crippen LogP contribution is 2.16. The van der Waals surface area contributed by atoms with Crippen molar-refractivity contribution < 1.29 is 9.53 Å². The van der Waals surface area contributed by atoms with Crippen molar-refractivity contribution in [3.63, 3.8) is 0 Å². The maximum absolute atomic E-state index is 11.3. The molecule has 0 fully saturated rings. The summed E-state index contributed by atoms with van der Waals surface area (Å²) in [5.74, 6) is 0.517. The quantitative estimate of drug-likeness (QED) is 0.900. The number of amides is 1. The second-order valence-corrected chi connectivity index (χ2v) is 4.31. The third kappa shape index (κ3) is 3.87. The first-order valence-corrected chi connectivity index (χ1v) is 5.38. The third-order valence-corrected chi connectivity index (χ3v) is 2.04. The van der Waals surface area contributed by atoms with Crippen LogP contribution in [0.5, 0.6) is 0 Å². The molecule has 0 spiro atoms. The Morgan fingerprint density at radius 1 is 1.60 bits per heavy atom. The van der Waals surface area contributed by atoms with E-state index in [2.05, 4.69) is 26.2 Å². The van der Waals surface area contributed by atoms with Crippen LogP contribution in [-0.4, -0.2) is 17.2 Å². The van der Waals surface area contributed by atoms with Gasteiger partial charge >= 0.3 is 6.09 Å². The predicted molar refractivity (Wildman–Crippen MR) is 61.9 cm³/mol. The third-order valence-electron chi connectivity index (χ3n) is 1.61. The fourth-order valence-electron chi connectivity index (χ4n) is 1.01. The molecule has 0 aliphatic rings. The summed E-state index contributed by atoms with van der Waals surface area (Å²) in [6.45, 7) is 5.45. The van der Waals surface area contributed by atoms with Crippen LogP contribution in [0.3, 0.4) is 0 Å². The molecule has 0 saturated carbocycles. The van der Waals surface area contributed by atoms with Gasteiger partial charge in [0.15, 0.2) is 0 Å². The zero-order valence-electron chi connectivity index (χ0n) is 8.87. The van der Waals surface area contributed by atoms with Gasteiger partial charge in [-0.2, -0.15) is 0 Å². The highest BCUT2D eigenvalue weighted by Gasteiger charge is 2.08. The predicted octanol–water partition coefficient (Wildman–Crippen LogP) is 3.11. The molecule has 0 atom stereocenters. The molecule has 82 valence electrons. The molecule has 0 unspecified atom stereocenters. The van der Waals surface area contributed by atoms with Gasteiger partial charge in [0.1, 0.15) is 5.82 Å². The molecule has 0 radical (unpaired) electrons. The SMILES string of the molecule is Cc1cc(Br)cnc1NC(=O)OC(C)C. The van der Waals surface area contributed by atoms with Crippen LogP contribution in [0.1, 0.15) is 19.4 Å². The molecule has 15 heavy (non-hydrogen) atoms. The van der Waals surface area contributed by atoms with Gasteiger partial charge in [0, 0.05) is 10.7 Å². The second kappa shape index (κ2) is 5.11. The Bertz CT molecular complexity index is 366. The average molecular weight is 273 g/mol. The number of anilines is 1. The molecule has 1 aromatic rings. The van der Waals surface area contributed by atoms with Gasteiger partial charge in [-0.3, -0.25) is 5.32 Å². The number of carbonyl (C=O) groups is 1. The van der Waals surface area contributed by atoms with Crippen molar-refractivity contribution in [2.45, 2.75) is 26.9 Å².